The van der Waals surface area contributed by atoms with Crippen LogP contribution in [0.2, 0.25) is 0 Å². The van der Waals surface area contributed by atoms with Crippen molar-refractivity contribution in [3.63, 3.8) is 0 Å². The molecule has 0 saturated heterocycles. The molecule has 1 saturated carbocycles. The van der Waals surface area contributed by atoms with E-state index in [0.717, 1.165) is 12.8 Å². The molecule has 2 unspecified atom stereocenters. The minimum absolute atomic E-state index is 0.362. The quantitative estimate of drug-likeness (QED) is 0.527. The molecule has 0 heterocycles. The van der Waals surface area contributed by atoms with Crippen molar-refractivity contribution >= 4 is 5.91 Å². The predicted molar refractivity (Wildman–Crippen MR) is 66.8 cm³/mol. The number of nitrogens with one attached hydrogen (secondary N) is 1. The largest absolute Gasteiger partial charge is 0.379 e. The summed E-state index contributed by atoms with van der Waals surface area (Å²) < 4.78 is 71.5. The maximum Gasteiger partial charge on any atom is 0.257 e. The molecular formula is C14H14F5NO2. The maximum atomic E-state index is 13.6. The molecule has 1 amide bonds. The van der Waals surface area contributed by atoms with E-state index >= 15 is 0 Å². The van der Waals surface area contributed by atoms with E-state index in [1.807, 2.05) is 0 Å². The molecule has 0 aromatic heterocycles. The van der Waals surface area contributed by atoms with Crippen molar-refractivity contribution in [2.45, 2.75) is 37.8 Å². The normalized spacial score (nSPS) is 21.7. The summed E-state index contributed by atoms with van der Waals surface area (Å²) in [5.41, 5.74) is -1.48. The number of hydrogen-bond donors (Lipinski definition) is 1. The van der Waals surface area contributed by atoms with Crippen molar-refractivity contribution < 1.29 is 31.5 Å². The molecule has 22 heavy (non-hydrogen) atoms. The monoisotopic (exact) mass is 323 g/mol. The van der Waals surface area contributed by atoms with E-state index in [1.165, 1.54) is 7.11 Å². The molecule has 1 aliphatic carbocycles. The molecule has 2 atom stereocenters. The third-order valence-corrected chi connectivity index (χ3v) is 3.76. The smallest absolute Gasteiger partial charge is 0.257 e. The SMILES string of the molecule is COC1CCCCC1NC(=O)c1c(F)c(F)c(F)c(F)c1F. The second-order valence-electron chi connectivity index (χ2n) is 5.08. The van der Waals surface area contributed by atoms with Crippen LogP contribution >= 0.6 is 0 Å². The summed E-state index contributed by atoms with van der Waals surface area (Å²) in [7, 11) is 1.42. The Labute approximate surface area is 123 Å². The first-order valence-electron chi connectivity index (χ1n) is 6.73. The average molecular weight is 323 g/mol. The van der Waals surface area contributed by atoms with Crippen LogP contribution in [0.1, 0.15) is 36.0 Å². The zero-order chi connectivity index (χ0) is 16.4. The topological polar surface area (TPSA) is 38.3 Å². The van der Waals surface area contributed by atoms with Crippen molar-refractivity contribution in [2.75, 3.05) is 7.11 Å². The number of rotatable bonds is 3. The zero-order valence-corrected chi connectivity index (χ0v) is 11.7. The molecule has 1 aromatic carbocycles. The third kappa shape index (κ3) is 2.92. The molecular weight excluding hydrogens is 309 g/mol. The minimum Gasteiger partial charge on any atom is -0.379 e. The Hall–Kier alpha value is -1.70. The fraction of sp³-hybridized carbons (Fsp3) is 0.500. The summed E-state index contributed by atoms with van der Waals surface area (Å²) in [6.07, 6.45) is 2.41. The number of benzene rings is 1. The van der Waals surface area contributed by atoms with Crippen LogP contribution in [-0.2, 0) is 4.74 Å². The summed E-state index contributed by atoms with van der Waals surface area (Å²) in [5.74, 6) is -12.2. The Morgan fingerprint density at radius 1 is 0.955 bits per heavy atom. The lowest BCUT2D eigenvalue weighted by atomic mass is 9.92. The lowest BCUT2D eigenvalue weighted by Crippen LogP contribution is -2.46. The van der Waals surface area contributed by atoms with Gasteiger partial charge in [0.1, 0.15) is 5.56 Å². The van der Waals surface area contributed by atoms with Gasteiger partial charge in [0.05, 0.1) is 12.1 Å². The van der Waals surface area contributed by atoms with Crippen molar-refractivity contribution in [3.05, 3.63) is 34.6 Å². The van der Waals surface area contributed by atoms with Crippen LogP contribution in [0.25, 0.3) is 0 Å². The van der Waals surface area contributed by atoms with Crippen LogP contribution in [0, 0.1) is 29.1 Å². The van der Waals surface area contributed by atoms with Crippen LogP contribution < -0.4 is 5.32 Å². The van der Waals surface area contributed by atoms with Gasteiger partial charge in [-0.1, -0.05) is 12.8 Å². The Morgan fingerprint density at radius 3 is 2.00 bits per heavy atom. The fourth-order valence-corrected chi connectivity index (χ4v) is 2.59. The summed E-state index contributed by atoms with van der Waals surface area (Å²) in [4.78, 5) is 11.9. The minimum atomic E-state index is -2.29. The van der Waals surface area contributed by atoms with E-state index in [-0.39, 0.29) is 6.10 Å². The van der Waals surface area contributed by atoms with Crippen molar-refractivity contribution in [2.24, 2.45) is 0 Å². The number of hydrogen-bond acceptors (Lipinski definition) is 2. The molecule has 1 N–H and O–H groups in total. The molecule has 1 aromatic rings. The van der Waals surface area contributed by atoms with Gasteiger partial charge in [-0.2, -0.15) is 0 Å². The highest BCUT2D eigenvalue weighted by Gasteiger charge is 2.32. The van der Waals surface area contributed by atoms with Gasteiger partial charge in [0.15, 0.2) is 23.3 Å². The molecule has 0 aliphatic heterocycles. The second-order valence-corrected chi connectivity index (χ2v) is 5.08. The first-order chi connectivity index (χ1) is 10.4. The molecule has 8 heteroatoms. The first kappa shape index (κ1) is 16.7. The average Bonchev–Trinajstić information content (AvgIpc) is 2.51. The van der Waals surface area contributed by atoms with E-state index in [2.05, 4.69) is 5.32 Å². The number of methoxy groups -OCH3 is 1. The van der Waals surface area contributed by atoms with Crippen molar-refractivity contribution in [1.82, 2.24) is 5.32 Å². The highest BCUT2D eigenvalue weighted by Crippen LogP contribution is 2.25. The van der Waals surface area contributed by atoms with Crippen LogP contribution in [0.3, 0.4) is 0 Å². The van der Waals surface area contributed by atoms with Gasteiger partial charge in [-0.3, -0.25) is 4.79 Å². The van der Waals surface area contributed by atoms with Crippen molar-refractivity contribution in [3.8, 4) is 0 Å². The van der Waals surface area contributed by atoms with E-state index < -0.39 is 46.6 Å². The van der Waals surface area contributed by atoms with E-state index in [0.29, 0.717) is 12.8 Å². The van der Waals surface area contributed by atoms with Crippen LogP contribution in [0.5, 0.6) is 0 Å². The number of halogens is 5. The Balaban J connectivity index is 2.30. The highest BCUT2D eigenvalue weighted by atomic mass is 19.2. The summed E-state index contributed by atoms with van der Waals surface area (Å²) in [5, 5.41) is 2.29. The summed E-state index contributed by atoms with van der Waals surface area (Å²) in [6.45, 7) is 0. The second kappa shape index (κ2) is 6.60. The van der Waals surface area contributed by atoms with Gasteiger partial charge < -0.3 is 10.1 Å². The maximum absolute atomic E-state index is 13.6. The zero-order valence-electron chi connectivity index (χ0n) is 11.7. The summed E-state index contributed by atoms with van der Waals surface area (Å²) in [6, 6.07) is -0.541. The molecule has 122 valence electrons. The van der Waals surface area contributed by atoms with Crippen LogP contribution in [-0.4, -0.2) is 25.2 Å². The Kier molecular flexibility index (Phi) is 5.00. The van der Waals surface area contributed by atoms with Gasteiger partial charge in [0, 0.05) is 7.11 Å². The van der Waals surface area contributed by atoms with Gasteiger partial charge in [0.25, 0.3) is 5.91 Å². The number of ether oxygens (including phenoxy) is 1. The number of carbonyl (C=O) groups excluding carboxylic acids is 1. The van der Waals surface area contributed by atoms with Gasteiger partial charge in [-0.15, -0.1) is 0 Å². The molecule has 0 spiro atoms. The van der Waals surface area contributed by atoms with Gasteiger partial charge >= 0.3 is 0 Å². The molecule has 1 aliphatic rings. The number of carbonyl (C=O) groups is 1. The van der Waals surface area contributed by atoms with Crippen LogP contribution in [0.4, 0.5) is 22.0 Å². The van der Waals surface area contributed by atoms with Crippen LogP contribution in [0.15, 0.2) is 0 Å². The van der Waals surface area contributed by atoms with Gasteiger partial charge in [-0.05, 0) is 12.8 Å². The number of amides is 1. The molecule has 2 rings (SSSR count). The van der Waals surface area contributed by atoms with Gasteiger partial charge in [-0.25, -0.2) is 22.0 Å². The van der Waals surface area contributed by atoms with E-state index in [4.69, 9.17) is 4.74 Å². The lowest BCUT2D eigenvalue weighted by molar-refractivity contribution is 0.0390. The summed E-state index contributed by atoms with van der Waals surface area (Å²) >= 11 is 0. The molecule has 0 bridgehead atoms. The fourth-order valence-electron chi connectivity index (χ4n) is 2.59. The predicted octanol–water partition coefficient (Wildman–Crippen LogP) is 3.07. The van der Waals surface area contributed by atoms with E-state index in [1.54, 1.807) is 0 Å². The van der Waals surface area contributed by atoms with Crippen molar-refractivity contribution in [1.29, 1.82) is 0 Å². The molecule has 1 fully saturated rings. The third-order valence-electron chi connectivity index (χ3n) is 3.76. The van der Waals surface area contributed by atoms with Gasteiger partial charge in [0.2, 0.25) is 5.82 Å². The highest BCUT2D eigenvalue weighted by molar-refractivity contribution is 5.95. The Morgan fingerprint density at radius 2 is 1.45 bits per heavy atom. The molecule has 3 nitrogen and oxygen atoms in total. The Bertz CT molecular complexity index is 564. The standard InChI is InChI=1S/C14H14F5NO2/c1-22-7-5-3-2-4-6(7)20-14(21)8-9(15)11(17)13(19)12(18)10(8)16/h6-7H,2-5H2,1H3,(H,20,21). The lowest BCUT2D eigenvalue weighted by Gasteiger charge is -2.31. The van der Waals surface area contributed by atoms with E-state index in [9.17, 15) is 26.7 Å². The molecule has 0 radical (unpaired) electrons. The first-order valence-corrected chi connectivity index (χ1v) is 6.73.